The molecule has 0 aliphatic carbocycles. The molecule has 33 heavy (non-hydrogen) atoms. The first-order valence-corrected chi connectivity index (χ1v) is 12.2. The molecule has 7 nitrogen and oxygen atoms in total. The molecule has 0 unspecified atom stereocenters. The summed E-state index contributed by atoms with van der Waals surface area (Å²) >= 11 is 0. The highest BCUT2D eigenvalue weighted by Gasteiger charge is 2.33. The van der Waals surface area contributed by atoms with E-state index in [9.17, 15) is 9.59 Å². The van der Waals surface area contributed by atoms with E-state index in [0.29, 0.717) is 31.8 Å². The van der Waals surface area contributed by atoms with Crippen LogP contribution in [0.3, 0.4) is 0 Å². The highest BCUT2D eigenvalue weighted by Crippen LogP contribution is 2.27. The van der Waals surface area contributed by atoms with Gasteiger partial charge >= 0.3 is 6.09 Å². The third kappa shape index (κ3) is 6.85. The van der Waals surface area contributed by atoms with Gasteiger partial charge in [0.2, 0.25) is 5.91 Å². The number of rotatable bonds is 5. The van der Waals surface area contributed by atoms with Gasteiger partial charge in [0.1, 0.15) is 11.4 Å². The molecule has 2 saturated heterocycles. The van der Waals surface area contributed by atoms with Crippen LogP contribution in [0.15, 0.2) is 18.2 Å². The number of ether oxygens (including phenoxy) is 2. The molecular weight excluding hydrogens is 418 g/mol. The SMILES string of the molecule is COc1ccc(C(C)C)cc1CN1CCN(C(=O)C2CCN(C(=O)OC(C)(C)C)CC2)CC1. The van der Waals surface area contributed by atoms with Gasteiger partial charge < -0.3 is 19.3 Å². The molecule has 1 aromatic rings. The fourth-order valence-electron chi connectivity index (χ4n) is 4.54. The minimum atomic E-state index is -0.496. The number of hydrogen-bond acceptors (Lipinski definition) is 5. The van der Waals surface area contributed by atoms with Crippen LogP contribution in [0.5, 0.6) is 5.75 Å². The first-order chi connectivity index (χ1) is 15.6. The van der Waals surface area contributed by atoms with Gasteiger partial charge in [0.25, 0.3) is 0 Å². The van der Waals surface area contributed by atoms with Crippen molar-refractivity contribution in [2.24, 2.45) is 5.92 Å². The van der Waals surface area contributed by atoms with E-state index in [1.807, 2.05) is 25.7 Å². The molecule has 184 valence electrons. The monoisotopic (exact) mass is 459 g/mol. The summed E-state index contributed by atoms with van der Waals surface area (Å²) in [6.07, 6.45) is 1.13. The molecule has 0 aromatic heterocycles. The Balaban J connectivity index is 1.48. The first-order valence-electron chi connectivity index (χ1n) is 12.2. The van der Waals surface area contributed by atoms with Crippen LogP contribution in [-0.2, 0) is 16.1 Å². The average molecular weight is 460 g/mol. The number of carbonyl (C=O) groups is 2. The van der Waals surface area contributed by atoms with E-state index in [0.717, 1.165) is 38.5 Å². The van der Waals surface area contributed by atoms with Crippen LogP contribution in [0.1, 0.15) is 64.5 Å². The highest BCUT2D eigenvalue weighted by molar-refractivity contribution is 5.79. The minimum Gasteiger partial charge on any atom is -0.496 e. The van der Waals surface area contributed by atoms with E-state index in [-0.39, 0.29) is 17.9 Å². The number of hydrogen-bond donors (Lipinski definition) is 0. The van der Waals surface area contributed by atoms with Gasteiger partial charge in [0.05, 0.1) is 7.11 Å². The molecule has 2 aliphatic rings. The van der Waals surface area contributed by atoms with Crippen LogP contribution in [0.25, 0.3) is 0 Å². The normalized spacial score (nSPS) is 18.5. The summed E-state index contributed by atoms with van der Waals surface area (Å²) in [5.74, 6) is 1.64. The third-order valence-electron chi connectivity index (χ3n) is 6.54. The maximum Gasteiger partial charge on any atom is 0.410 e. The second kappa shape index (κ2) is 10.8. The molecule has 1 aromatic carbocycles. The smallest absolute Gasteiger partial charge is 0.410 e. The van der Waals surface area contributed by atoms with Crippen molar-refractivity contribution in [3.63, 3.8) is 0 Å². The van der Waals surface area contributed by atoms with E-state index in [1.54, 1.807) is 12.0 Å². The predicted molar refractivity (Wildman–Crippen MR) is 129 cm³/mol. The lowest BCUT2D eigenvalue weighted by molar-refractivity contribution is -0.139. The van der Waals surface area contributed by atoms with Crippen molar-refractivity contribution in [2.75, 3.05) is 46.4 Å². The van der Waals surface area contributed by atoms with Gasteiger partial charge in [-0.05, 0) is 51.2 Å². The van der Waals surface area contributed by atoms with Crippen LogP contribution < -0.4 is 4.74 Å². The number of carbonyl (C=O) groups excluding carboxylic acids is 2. The summed E-state index contributed by atoms with van der Waals surface area (Å²) in [4.78, 5) is 31.5. The molecule has 2 aliphatic heterocycles. The molecule has 0 atom stereocenters. The van der Waals surface area contributed by atoms with Gasteiger partial charge in [0.15, 0.2) is 0 Å². The molecule has 2 amide bonds. The molecule has 0 spiro atoms. The Morgan fingerprint density at radius 3 is 2.18 bits per heavy atom. The number of piperidine rings is 1. The van der Waals surface area contributed by atoms with Crippen LogP contribution >= 0.6 is 0 Å². The van der Waals surface area contributed by atoms with Crippen molar-refractivity contribution in [1.82, 2.24) is 14.7 Å². The Hall–Kier alpha value is -2.28. The minimum absolute atomic E-state index is 0.00180. The molecule has 0 saturated carbocycles. The number of likely N-dealkylation sites (tertiary alicyclic amines) is 1. The lowest BCUT2D eigenvalue weighted by atomic mass is 9.95. The number of methoxy groups -OCH3 is 1. The Kier molecular flexibility index (Phi) is 8.27. The molecule has 2 fully saturated rings. The van der Waals surface area contributed by atoms with Crippen molar-refractivity contribution in [2.45, 2.75) is 65.5 Å². The standard InChI is InChI=1S/C26H41N3O4/c1-19(2)21-7-8-23(32-6)22(17-21)18-27-13-15-28(16-14-27)24(30)20-9-11-29(12-10-20)25(31)33-26(3,4)5/h7-8,17,19-20H,9-16,18H2,1-6H3. The summed E-state index contributed by atoms with van der Waals surface area (Å²) in [6, 6.07) is 6.45. The third-order valence-corrected chi connectivity index (χ3v) is 6.54. The fourth-order valence-corrected chi connectivity index (χ4v) is 4.54. The van der Waals surface area contributed by atoms with Crippen molar-refractivity contribution in [3.05, 3.63) is 29.3 Å². The van der Waals surface area contributed by atoms with Gasteiger partial charge in [-0.1, -0.05) is 26.0 Å². The van der Waals surface area contributed by atoms with Crippen molar-refractivity contribution < 1.29 is 19.1 Å². The summed E-state index contributed by atoms with van der Waals surface area (Å²) < 4.78 is 11.0. The summed E-state index contributed by atoms with van der Waals surface area (Å²) in [5, 5.41) is 0. The van der Waals surface area contributed by atoms with Crippen LogP contribution in [0.4, 0.5) is 4.79 Å². The summed E-state index contributed by atoms with van der Waals surface area (Å²) in [5.41, 5.74) is 2.03. The Morgan fingerprint density at radius 2 is 1.64 bits per heavy atom. The van der Waals surface area contributed by atoms with E-state index in [2.05, 4.69) is 36.9 Å². The van der Waals surface area contributed by atoms with E-state index >= 15 is 0 Å². The second-order valence-corrected chi connectivity index (χ2v) is 10.6. The molecule has 0 N–H and O–H groups in total. The number of nitrogens with zero attached hydrogens (tertiary/aromatic N) is 3. The number of amides is 2. The van der Waals surface area contributed by atoms with Crippen LogP contribution in [0.2, 0.25) is 0 Å². The van der Waals surface area contributed by atoms with Crippen LogP contribution in [0, 0.1) is 5.92 Å². The Bertz CT molecular complexity index is 817. The molecule has 0 radical (unpaired) electrons. The van der Waals surface area contributed by atoms with Gasteiger partial charge in [-0.2, -0.15) is 0 Å². The van der Waals surface area contributed by atoms with Crippen molar-refractivity contribution >= 4 is 12.0 Å². The zero-order valence-corrected chi connectivity index (χ0v) is 21.2. The van der Waals surface area contributed by atoms with Gasteiger partial charge in [-0.15, -0.1) is 0 Å². The maximum absolute atomic E-state index is 13.1. The second-order valence-electron chi connectivity index (χ2n) is 10.6. The van der Waals surface area contributed by atoms with Crippen molar-refractivity contribution in [1.29, 1.82) is 0 Å². The number of benzene rings is 1. The van der Waals surface area contributed by atoms with Gasteiger partial charge in [-0.25, -0.2) is 4.79 Å². The number of piperazine rings is 1. The quantitative estimate of drug-likeness (QED) is 0.663. The zero-order valence-electron chi connectivity index (χ0n) is 21.2. The predicted octanol–water partition coefficient (Wildman–Crippen LogP) is 4.11. The van der Waals surface area contributed by atoms with Gasteiger partial charge in [0, 0.05) is 57.3 Å². The lowest BCUT2D eigenvalue weighted by Gasteiger charge is -2.39. The fraction of sp³-hybridized carbons (Fsp3) is 0.692. The Morgan fingerprint density at radius 1 is 1.00 bits per heavy atom. The molecule has 2 heterocycles. The average Bonchev–Trinajstić information content (AvgIpc) is 2.78. The highest BCUT2D eigenvalue weighted by atomic mass is 16.6. The van der Waals surface area contributed by atoms with Crippen LogP contribution in [-0.4, -0.2) is 78.7 Å². The molecule has 3 rings (SSSR count). The van der Waals surface area contributed by atoms with E-state index in [4.69, 9.17) is 9.47 Å². The lowest BCUT2D eigenvalue weighted by Crippen LogP contribution is -2.51. The maximum atomic E-state index is 13.1. The van der Waals surface area contributed by atoms with Crippen molar-refractivity contribution in [3.8, 4) is 5.75 Å². The molecular formula is C26H41N3O4. The topological polar surface area (TPSA) is 62.3 Å². The van der Waals surface area contributed by atoms with E-state index in [1.165, 1.54) is 11.1 Å². The summed E-state index contributed by atoms with van der Waals surface area (Å²) in [7, 11) is 1.72. The largest absolute Gasteiger partial charge is 0.496 e. The first kappa shape index (κ1) is 25.3. The Labute approximate surface area is 199 Å². The zero-order chi connectivity index (χ0) is 24.2. The summed E-state index contributed by atoms with van der Waals surface area (Å²) in [6.45, 7) is 15.2. The van der Waals surface area contributed by atoms with Gasteiger partial charge in [-0.3, -0.25) is 9.69 Å². The molecule has 0 bridgehead atoms. The molecule has 7 heteroatoms. The van der Waals surface area contributed by atoms with E-state index < -0.39 is 5.60 Å².